The van der Waals surface area contributed by atoms with Crippen LogP contribution in [0.3, 0.4) is 0 Å². The first-order valence-electron chi connectivity index (χ1n) is 7.66. The molecule has 0 bridgehead atoms. The van der Waals surface area contributed by atoms with Crippen molar-refractivity contribution >= 4 is 16.9 Å². The average molecular weight is 286 g/mol. The van der Waals surface area contributed by atoms with Gasteiger partial charge in [0.2, 0.25) is 11.8 Å². The zero-order chi connectivity index (χ0) is 14.7. The van der Waals surface area contributed by atoms with Crippen LogP contribution >= 0.6 is 0 Å². The number of nitrogens with zero attached hydrogens (tertiary/aromatic N) is 3. The van der Waals surface area contributed by atoms with Crippen LogP contribution in [0.1, 0.15) is 20.3 Å². The van der Waals surface area contributed by atoms with Gasteiger partial charge < -0.3 is 15.0 Å². The zero-order valence-electron chi connectivity index (χ0n) is 12.7. The normalized spacial score (nSPS) is 19.5. The van der Waals surface area contributed by atoms with Crippen molar-refractivity contribution in [3.05, 3.63) is 24.3 Å². The molecule has 2 heterocycles. The van der Waals surface area contributed by atoms with Gasteiger partial charge in [0.1, 0.15) is 0 Å². The lowest BCUT2D eigenvalue weighted by Crippen LogP contribution is -2.38. The highest BCUT2D eigenvalue weighted by Gasteiger charge is 2.21. The summed E-state index contributed by atoms with van der Waals surface area (Å²) in [6, 6.07) is 8.40. The Morgan fingerprint density at radius 3 is 3.05 bits per heavy atom. The molecule has 0 radical (unpaired) electrons. The Labute approximate surface area is 125 Å². The van der Waals surface area contributed by atoms with E-state index in [2.05, 4.69) is 22.1 Å². The second-order valence-corrected chi connectivity index (χ2v) is 5.38. The molecule has 1 atom stereocenters. The molecule has 1 N–H and O–H groups in total. The molecule has 1 aromatic heterocycles. The van der Waals surface area contributed by atoms with E-state index in [0.29, 0.717) is 18.5 Å². The van der Waals surface area contributed by atoms with Crippen LogP contribution < -0.4 is 15.0 Å². The van der Waals surface area contributed by atoms with Gasteiger partial charge in [-0.05, 0) is 38.9 Å². The summed E-state index contributed by atoms with van der Waals surface area (Å²) in [5.41, 5.74) is 0.940. The van der Waals surface area contributed by atoms with Gasteiger partial charge in [-0.3, -0.25) is 0 Å². The molecule has 1 saturated heterocycles. The van der Waals surface area contributed by atoms with Gasteiger partial charge in [-0.2, -0.15) is 4.98 Å². The van der Waals surface area contributed by atoms with E-state index in [9.17, 15) is 0 Å². The van der Waals surface area contributed by atoms with Crippen LogP contribution in [-0.4, -0.2) is 42.3 Å². The lowest BCUT2D eigenvalue weighted by Gasteiger charge is -2.27. The molecule has 1 fully saturated rings. The fourth-order valence-electron chi connectivity index (χ4n) is 2.72. The van der Waals surface area contributed by atoms with E-state index >= 15 is 0 Å². The van der Waals surface area contributed by atoms with Gasteiger partial charge in [-0.25, -0.2) is 4.98 Å². The quantitative estimate of drug-likeness (QED) is 0.937. The van der Waals surface area contributed by atoms with Crippen molar-refractivity contribution in [3.63, 3.8) is 0 Å². The summed E-state index contributed by atoms with van der Waals surface area (Å²) in [6.45, 7) is 7.77. The van der Waals surface area contributed by atoms with Gasteiger partial charge in [0.15, 0.2) is 0 Å². The molecule has 1 aromatic carbocycles. The zero-order valence-corrected chi connectivity index (χ0v) is 12.7. The number of benzene rings is 1. The van der Waals surface area contributed by atoms with E-state index in [1.165, 1.54) is 0 Å². The van der Waals surface area contributed by atoms with Crippen molar-refractivity contribution in [2.45, 2.75) is 26.3 Å². The molecule has 3 rings (SSSR count). The Hall–Kier alpha value is -1.88. The van der Waals surface area contributed by atoms with Crippen LogP contribution in [0.15, 0.2) is 24.3 Å². The van der Waals surface area contributed by atoms with Gasteiger partial charge in [0, 0.05) is 19.1 Å². The minimum absolute atomic E-state index is 0.378. The van der Waals surface area contributed by atoms with Crippen LogP contribution in [-0.2, 0) is 0 Å². The minimum atomic E-state index is 0.378. The van der Waals surface area contributed by atoms with Crippen molar-refractivity contribution in [2.24, 2.45) is 0 Å². The molecule has 1 aliphatic rings. The standard InChI is InChI=1S/C16H22N4O/c1-3-21-15-13-7-4-5-8-14(13)18-16(19-15)20-10-6-9-17-11-12(20)2/h4-5,7-8,12,17H,3,6,9-11H2,1-2H3. The Balaban J connectivity index is 2.05. The van der Waals surface area contributed by atoms with Gasteiger partial charge in [0.05, 0.1) is 17.5 Å². The Kier molecular flexibility index (Phi) is 4.20. The lowest BCUT2D eigenvalue weighted by atomic mass is 10.2. The first-order chi connectivity index (χ1) is 10.3. The maximum Gasteiger partial charge on any atom is 0.229 e. The summed E-state index contributed by atoms with van der Waals surface area (Å²) < 4.78 is 5.72. The molecule has 2 aromatic rings. The summed E-state index contributed by atoms with van der Waals surface area (Å²) in [4.78, 5) is 11.7. The van der Waals surface area contributed by atoms with Crippen LogP contribution in [0.4, 0.5) is 5.95 Å². The Morgan fingerprint density at radius 1 is 1.33 bits per heavy atom. The monoisotopic (exact) mass is 286 g/mol. The minimum Gasteiger partial charge on any atom is -0.477 e. The van der Waals surface area contributed by atoms with Gasteiger partial charge in [-0.15, -0.1) is 0 Å². The number of hydrogen-bond acceptors (Lipinski definition) is 5. The highest BCUT2D eigenvalue weighted by Crippen LogP contribution is 2.26. The van der Waals surface area contributed by atoms with Crippen molar-refractivity contribution in [3.8, 4) is 5.88 Å². The molecular formula is C16H22N4O. The highest BCUT2D eigenvalue weighted by molar-refractivity contribution is 5.84. The van der Waals surface area contributed by atoms with Crippen LogP contribution in [0.2, 0.25) is 0 Å². The molecule has 1 aliphatic heterocycles. The summed E-state index contributed by atoms with van der Waals surface area (Å²) in [5, 5.41) is 4.42. The number of anilines is 1. The van der Waals surface area contributed by atoms with Gasteiger partial charge >= 0.3 is 0 Å². The molecule has 1 unspecified atom stereocenters. The highest BCUT2D eigenvalue weighted by atomic mass is 16.5. The molecule has 21 heavy (non-hydrogen) atoms. The van der Waals surface area contributed by atoms with Crippen molar-refractivity contribution in [1.29, 1.82) is 0 Å². The predicted molar refractivity (Wildman–Crippen MR) is 85.0 cm³/mol. The Bertz CT molecular complexity index is 616. The number of fused-ring (bicyclic) bond motifs is 1. The first kappa shape index (κ1) is 14.1. The van der Waals surface area contributed by atoms with Gasteiger partial charge in [0.25, 0.3) is 0 Å². The first-order valence-corrected chi connectivity index (χ1v) is 7.66. The summed E-state index contributed by atoms with van der Waals surface area (Å²) in [7, 11) is 0. The molecule has 0 saturated carbocycles. The Morgan fingerprint density at radius 2 is 2.19 bits per heavy atom. The topological polar surface area (TPSA) is 50.3 Å². The SMILES string of the molecule is CCOc1nc(N2CCCNCC2C)nc2ccccc12. The number of ether oxygens (including phenoxy) is 1. The van der Waals surface area contributed by atoms with E-state index < -0.39 is 0 Å². The summed E-state index contributed by atoms with van der Waals surface area (Å²) >= 11 is 0. The van der Waals surface area contributed by atoms with Gasteiger partial charge in [-0.1, -0.05) is 12.1 Å². The van der Waals surface area contributed by atoms with E-state index in [1.54, 1.807) is 0 Å². The second-order valence-electron chi connectivity index (χ2n) is 5.38. The van der Waals surface area contributed by atoms with Crippen molar-refractivity contribution in [2.75, 3.05) is 31.1 Å². The van der Waals surface area contributed by atoms with Crippen LogP contribution in [0.25, 0.3) is 10.9 Å². The number of rotatable bonds is 3. The largest absolute Gasteiger partial charge is 0.477 e. The molecule has 0 amide bonds. The molecule has 5 heteroatoms. The third kappa shape index (κ3) is 2.93. The lowest BCUT2D eigenvalue weighted by molar-refractivity contribution is 0.330. The number of hydrogen-bond donors (Lipinski definition) is 1. The fraction of sp³-hybridized carbons (Fsp3) is 0.500. The number of aromatic nitrogens is 2. The smallest absolute Gasteiger partial charge is 0.229 e. The van der Waals surface area contributed by atoms with E-state index in [-0.39, 0.29) is 0 Å². The van der Waals surface area contributed by atoms with E-state index in [1.807, 2.05) is 31.2 Å². The fourth-order valence-corrected chi connectivity index (χ4v) is 2.72. The molecule has 0 spiro atoms. The second kappa shape index (κ2) is 6.26. The molecule has 5 nitrogen and oxygen atoms in total. The summed E-state index contributed by atoms with van der Waals surface area (Å²) in [6.07, 6.45) is 1.10. The number of para-hydroxylation sites is 1. The van der Waals surface area contributed by atoms with E-state index in [0.717, 1.165) is 42.9 Å². The van der Waals surface area contributed by atoms with Crippen LogP contribution in [0, 0.1) is 0 Å². The maximum absolute atomic E-state index is 5.72. The molecular weight excluding hydrogens is 264 g/mol. The average Bonchev–Trinajstić information content (AvgIpc) is 2.72. The third-order valence-electron chi connectivity index (χ3n) is 3.82. The van der Waals surface area contributed by atoms with E-state index in [4.69, 9.17) is 9.72 Å². The predicted octanol–water partition coefficient (Wildman–Crippen LogP) is 2.22. The number of nitrogens with one attached hydrogen (secondary N) is 1. The van der Waals surface area contributed by atoms with Crippen molar-refractivity contribution in [1.82, 2.24) is 15.3 Å². The van der Waals surface area contributed by atoms with Crippen molar-refractivity contribution < 1.29 is 4.74 Å². The summed E-state index contributed by atoms with van der Waals surface area (Å²) in [5.74, 6) is 1.45. The van der Waals surface area contributed by atoms with Crippen LogP contribution in [0.5, 0.6) is 5.88 Å². The molecule has 112 valence electrons. The maximum atomic E-state index is 5.72. The molecule has 0 aliphatic carbocycles. The third-order valence-corrected chi connectivity index (χ3v) is 3.82.